The maximum atomic E-state index is 12.7. The normalized spacial score (nSPS) is 14.6. The molecule has 2 heterocycles. The van der Waals surface area contributed by atoms with Gasteiger partial charge < -0.3 is 20.2 Å². The SMILES string of the molecule is C[C@H](CN(C)C)NC(=O)c1ccc2c(n1)CN(c1cc(O)cc3ccccc13)CC2. The molecule has 2 N–H and O–H groups in total. The second-order valence-corrected chi connectivity index (χ2v) is 8.30. The maximum absolute atomic E-state index is 12.7. The van der Waals surface area contributed by atoms with E-state index in [1.165, 1.54) is 5.56 Å². The van der Waals surface area contributed by atoms with Crippen LogP contribution in [0.3, 0.4) is 0 Å². The molecule has 3 aromatic rings. The molecule has 6 heteroatoms. The van der Waals surface area contributed by atoms with Crippen molar-refractivity contribution >= 4 is 22.4 Å². The number of carbonyl (C=O) groups is 1. The number of phenols is 1. The number of nitrogens with one attached hydrogen (secondary N) is 1. The van der Waals surface area contributed by atoms with Crippen LogP contribution in [0.25, 0.3) is 10.8 Å². The molecule has 6 nitrogen and oxygen atoms in total. The predicted molar refractivity (Wildman–Crippen MR) is 120 cm³/mol. The van der Waals surface area contributed by atoms with Crippen molar-refractivity contribution in [3.05, 3.63) is 65.5 Å². The summed E-state index contributed by atoms with van der Waals surface area (Å²) >= 11 is 0. The number of pyridine rings is 1. The van der Waals surface area contributed by atoms with Gasteiger partial charge in [-0.1, -0.05) is 30.3 Å². The largest absolute Gasteiger partial charge is 0.508 e. The fourth-order valence-corrected chi connectivity index (χ4v) is 4.17. The van der Waals surface area contributed by atoms with Crippen molar-refractivity contribution in [2.75, 3.05) is 32.1 Å². The Morgan fingerprint density at radius 3 is 2.83 bits per heavy atom. The number of aromatic nitrogens is 1. The number of likely N-dealkylation sites (N-methyl/N-ethyl adjacent to an activating group) is 1. The van der Waals surface area contributed by atoms with Crippen LogP contribution >= 0.6 is 0 Å². The Morgan fingerprint density at radius 2 is 2.03 bits per heavy atom. The highest BCUT2D eigenvalue weighted by Gasteiger charge is 2.22. The third-order valence-corrected chi connectivity index (χ3v) is 5.47. The summed E-state index contributed by atoms with van der Waals surface area (Å²) in [7, 11) is 3.97. The zero-order chi connectivity index (χ0) is 21.3. The van der Waals surface area contributed by atoms with Crippen LogP contribution in [0.15, 0.2) is 48.5 Å². The van der Waals surface area contributed by atoms with E-state index in [1.54, 1.807) is 6.07 Å². The third-order valence-electron chi connectivity index (χ3n) is 5.47. The zero-order valence-corrected chi connectivity index (χ0v) is 17.7. The summed E-state index contributed by atoms with van der Waals surface area (Å²) in [5, 5.41) is 15.3. The molecule has 0 aliphatic carbocycles. The summed E-state index contributed by atoms with van der Waals surface area (Å²) in [5.41, 5.74) is 3.53. The van der Waals surface area contributed by atoms with Gasteiger partial charge in [0, 0.05) is 36.3 Å². The van der Waals surface area contributed by atoms with E-state index in [1.807, 2.05) is 62.3 Å². The molecule has 0 bridgehead atoms. The van der Waals surface area contributed by atoms with Gasteiger partial charge in [0.1, 0.15) is 11.4 Å². The highest BCUT2D eigenvalue weighted by atomic mass is 16.3. The van der Waals surface area contributed by atoms with Crippen molar-refractivity contribution in [2.24, 2.45) is 0 Å². The van der Waals surface area contributed by atoms with E-state index in [2.05, 4.69) is 16.3 Å². The van der Waals surface area contributed by atoms with Gasteiger partial charge in [-0.2, -0.15) is 0 Å². The topological polar surface area (TPSA) is 68.7 Å². The Labute approximate surface area is 177 Å². The van der Waals surface area contributed by atoms with Gasteiger partial charge in [0.25, 0.3) is 5.91 Å². The van der Waals surface area contributed by atoms with Crippen molar-refractivity contribution < 1.29 is 9.90 Å². The molecule has 0 saturated carbocycles. The van der Waals surface area contributed by atoms with Gasteiger partial charge in [-0.3, -0.25) is 4.79 Å². The minimum absolute atomic E-state index is 0.0421. The number of fused-ring (bicyclic) bond motifs is 2. The number of carbonyl (C=O) groups excluding carboxylic acids is 1. The molecule has 1 atom stereocenters. The van der Waals surface area contributed by atoms with Crippen LogP contribution < -0.4 is 10.2 Å². The summed E-state index contributed by atoms with van der Waals surface area (Å²) in [6.45, 7) is 4.21. The van der Waals surface area contributed by atoms with Crippen LogP contribution in [0.5, 0.6) is 5.75 Å². The predicted octanol–water partition coefficient (Wildman–Crippen LogP) is 3.18. The average molecular weight is 405 g/mol. The fraction of sp³-hybridized carbons (Fsp3) is 0.333. The Morgan fingerprint density at radius 1 is 1.23 bits per heavy atom. The number of hydrogen-bond acceptors (Lipinski definition) is 5. The first-order chi connectivity index (χ1) is 14.4. The zero-order valence-electron chi connectivity index (χ0n) is 17.7. The number of anilines is 1. The summed E-state index contributed by atoms with van der Waals surface area (Å²) in [6.07, 6.45) is 0.852. The quantitative estimate of drug-likeness (QED) is 0.684. The van der Waals surface area contributed by atoms with E-state index in [4.69, 9.17) is 4.98 Å². The fourth-order valence-electron chi connectivity index (χ4n) is 4.17. The van der Waals surface area contributed by atoms with E-state index in [0.717, 1.165) is 41.7 Å². The van der Waals surface area contributed by atoms with E-state index >= 15 is 0 Å². The third kappa shape index (κ3) is 4.24. The minimum atomic E-state index is -0.146. The van der Waals surface area contributed by atoms with Crippen LogP contribution in [0.2, 0.25) is 0 Å². The van der Waals surface area contributed by atoms with Gasteiger partial charge in [0.05, 0.1) is 12.2 Å². The van der Waals surface area contributed by atoms with E-state index in [9.17, 15) is 9.90 Å². The lowest BCUT2D eigenvalue weighted by Gasteiger charge is -2.31. The molecule has 0 unspecified atom stereocenters. The second-order valence-electron chi connectivity index (χ2n) is 8.30. The molecule has 1 amide bonds. The summed E-state index contributed by atoms with van der Waals surface area (Å²) in [6, 6.07) is 15.5. The minimum Gasteiger partial charge on any atom is -0.508 e. The maximum Gasteiger partial charge on any atom is 0.270 e. The number of phenolic OH excluding ortho intramolecular Hbond substituents is 1. The lowest BCUT2D eigenvalue weighted by Crippen LogP contribution is -2.40. The Bertz CT molecular complexity index is 1080. The summed E-state index contributed by atoms with van der Waals surface area (Å²) in [5.74, 6) is 0.109. The first-order valence-corrected chi connectivity index (χ1v) is 10.3. The van der Waals surface area contributed by atoms with Crippen molar-refractivity contribution in [1.29, 1.82) is 0 Å². The van der Waals surface area contributed by atoms with Gasteiger partial charge in [0.2, 0.25) is 0 Å². The molecule has 0 radical (unpaired) electrons. The van der Waals surface area contributed by atoms with Gasteiger partial charge in [0.15, 0.2) is 0 Å². The van der Waals surface area contributed by atoms with Crippen molar-refractivity contribution in [3.8, 4) is 5.75 Å². The first-order valence-electron chi connectivity index (χ1n) is 10.3. The molecule has 156 valence electrons. The van der Waals surface area contributed by atoms with Crippen molar-refractivity contribution in [2.45, 2.75) is 25.9 Å². The van der Waals surface area contributed by atoms with E-state index in [-0.39, 0.29) is 17.7 Å². The van der Waals surface area contributed by atoms with Gasteiger partial charge in [-0.15, -0.1) is 0 Å². The van der Waals surface area contributed by atoms with Crippen molar-refractivity contribution in [3.63, 3.8) is 0 Å². The smallest absolute Gasteiger partial charge is 0.270 e. The number of amides is 1. The summed E-state index contributed by atoms with van der Waals surface area (Å²) in [4.78, 5) is 21.6. The molecule has 0 spiro atoms. The molecule has 2 aromatic carbocycles. The molecular formula is C24H28N4O2. The van der Waals surface area contributed by atoms with E-state index < -0.39 is 0 Å². The Balaban J connectivity index is 1.58. The van der Waals surface area contributed by atoms with Gasteiger partial charge in [-0.05, 0) is 50.5 Å². The van der Waals surface area contributed by atoms with E-state index in [0.29, 0.717) is 12.2 Å². The number of hydrogen-bond donors (Lipinski definition) is 2. The molecule has 1 aliphatic rings. The van der Waals surface area contributed by atoms with Crippen molar-refractivity contribution in [1.82, 2.24) is 15.2 Å². The molecule has 1 aromatic heterocycles. The van der Waals surface area contributed by atoms with Crippen LogP contribution in [-0.4, -0.2) is 54.1 Å². The lowest BCUT2D eigenvalue weighted by molar-refractivity contribution is 0.0929. The summed E-state index contributed by atoms with van der Waals surface area (Å²) < 4.78 is 0. The van der Waals surface area contributed by atoms with Gasteiger partial charge >= 0.3 is 0 Å². The highest BCUT2D eigenvalue weighted by molar-refractivity contribution is 5.96. The molecule has 0 saturated heterocycles. The van der Waals surface area contributed by atoms with Gasteiger partial charge in [-0.25, -0.2) is 4.98 Å². The standard InChI is InChI=1S/C24H28N4O2/c1-16(14-27(2)3)25-24(30)21-9-8-17-10-11-28(15-22(17)26-21)23-13-19(29)12-18-6-4-5-7-20(18)23/h4-9,12-13,16,29H,10-11,14-15H2,1-3H3,(H,25,30)/t16-/m1/s1. The molecular weight excluding hydrogens is 376 g/mol. The highest BCUT2D eigenvalue weighted by Crippen LogP contribution is 2.34. The monoisotopic (exact) mass is 404 g/mol. The van der Waals surface area contributed by atoms with Crippen LogP contribution in [0, 0.1) is 0 Å². The number of rotatable bonds is 5. The molecule has 30 heavy (non-hydrogen) atoms. The molecule has 1 aliphatic heterocycles. The molecule has 0 fully saturated rings. The first kappa shape index (κ1) is 20.2. The Kier molecular flexibility index (Phi) is 5.59. The lowest BCUT2D eigenvalue weighted by atomic mass is 10.0. The number of aromatic hydroxyl groups is 1. The number of nitrogens with zero attached hydrogens (tertiary/aromatic N) is 3. The molecule has 4 rings (SSSR count). The van der Waals surface area contributed by atoms with Crippen LogP contribution in [0.4, 0.5) is 5.69 Å². The Hall–Kier alpha value is -3.12. The average Bonchev–Trinajstić information content (AvgIpc) is 2.71. The second kappa shape index (κ2) is 8.32. The van der Waals surface area contributed by atoms with Crippen LogP contribution in [0.1, 0.15) is 28.7 Å². The number of benzene rings is 2. The van der Waals surface area contributed by atoms with Crippen LogP contribution in [-0.2, 0) is 13.0 Å².